The molecule has 1 aliphatic rings. The van der Waals surface area contributed by atoms with E-state index in [1.165, 1.54) is 17.8 Å². The largest absolute Gasteiger partial charge is 0.460 e. The first-order valence-electron chi connectivity index (χ1n) is 10.1. The fraction of sp³-hybridized carbons (Fsp3) is 0.550. The highest BCUT2D eigenvalue weighted by atomic mass is 16.6. The Morgan fingerprint density at radius 1 is 1.45 bits per heavy atom. The lowest BCUT2D eigenvalue weighted by atomic mass is 9.96. The number of unbranched alkanes of at least 4 members (excludes halogenated alkanes) is 2. The first kappa shape index (κ1) is 22.5. The SMILES string of the molecule is CCCCCOC(=O)Nc1ncnn2c([C@@]3(C#N)C[C@H](OC(C)=O)[C@@H](CO)O3)ccc12. The minimum absolute atomic E-state index is 0.0205. The van der Waals surface area contributed by atoms with Crippen molar-refractivity contribution in [2.24, 2.45) is 0 Å². The summed E-state index contributed by atoms with van der Waals surface area (Å²) in [6, 6.07) is 5.38. The summed E-state index contributed by atoms with van der Waals surface area (Å²) >= 11 is 0. The van der Waals surface area contributed by atoms with Crippen LogP contribution < -0.4 is 5.32 Å². The molecule has 0 bridgehead atoms. The van der Waals surface area contributed by atoms with Gasteiger partial charge in [-0.05, 0) is 18.6 Å². The molecule has 0 spiro atoms. The number of nitrogens with one attached hydrogen (secondary N) is 1. The number of amides is 1. The van der Waals surface area contributed by atoms with Gasteiger partial charge in [-0.1, -0.05) is 19.8 Å². The van der Waals surface area contributed by atoms with Crippen LogP contribution in [-0.2, 0) is 24.6 Å². The minimum Gasteiger partial charge on any atom is -0.460 e. The lowest BCUT2D eigenvalue weighted by Gasteiger charge is -2.20. The van der Waals surface area contributed by atoms with Gasteiger partial charge in [0.05, 0.1) is 18.9 Å². The molecule has 11 heteroatoms. The van der Waals surface area contributed by atoms with Crippen molar-refractivity contribution in [2.75, 3.05) is 18.5 Å². The zero-order valence-electron chi connectivity index (χ0n) is 17.4. The summed E-state index contributed by atoms with van der Waals surface area (Å²) in [6.07, 6.45) is 1.73. The summed E-state index contributed by atoms with van der Waals surface area (Å²) in [5.74, 6) is -0.324. The van der Waals surface area contributed by atoms with Crippen LogP contribution >= 0.6 is 0 Å². The molecule has 1 aliphatic heterocycles. The van der Waals surface area contributed by atoms with Gasteiger partial charge >= 0.3 is 12.1 Å². The third-order valence-corrected chi connectivity index (χ3v) is 5.00. The van der Waals surface area contributed by atoms with Gasteiger partial charge in [0.25, 0.3) is 0 Å². The predicted molar refractivity (Wildman–Crippen MR) is 107 cm³/mol. The van der Waals surface area contributed by atoms with Crippen LogP contribution in [0.3, 0.4) is 0 Å². The van der Waals surface area contributed by atoms with E-state index < -0.39 is 36.5 Å². The number of nitriles is 1. The van der Waals surface area contributed by atoms with Gasteiger partial charge in [-0.15, -0.1) is 0 Å². The fourth-order valence-electron chi connectivity index (χ4n) is 3.56. The highest BCUT2D eigenvalue weighted by molar-refractivity contribution is 5.88. The first-order chi connectivity index (χ1) is 14.9. The summed E-state index contributed by atoms with van der Waals surface area (Å²) in [5.41, 5.74) is -0.718. The summed E-state index contributed by atoms with van der Waals surface area (Å²) in [7, 11) is 0. The van der Waals surface area contributed by atoms with E-state index in [1.807, 2.05) is 0 Å². The fourth-order valence-corrected chi connectivity index (χ4v) is 3.56. The predicted octanol–water partition coefficient (Wildman–Crippen LogP) is 1.90. The molecule has 1 saturated heterocycles. The highest BCUT2D eigenvalue weighted by Gasteiger charge is 2.51. The molecule has 0 radical (unpaired) electrons. The lowest BCUT2D eigenvalue weighted by Crippen LogP contribution is -2.29. The molecule has 0 aliphatic carbocycles. The number of rotatable bonds is 8. The molecular formula is C20H25N5O6. The number of anilines is 1. The molecule has 0 saturated carbocycles. The Labute approximate surface area is 178 Å². The molecule has 3 atom stereocenters. The molecule has 11 nitrogen and oxygen atoms in total. The molecule has 166 valence electrons. The third-order valence-electron chi connectivity index (χ3n) is 5.00. The molecule has 0 unspecified atom stereocenters. The Balaban J connectivity index is 1.85. The number of aliphatic hydroxyl groups excluding tert-OH is 1. The van der Waals surface area contributed by atoms with Gasteiger partial charge < -0.3 is 19.3 Å². The number of carbonyl (C=O) groups excluding carboxylic acids is 2. The summed E-state index contributed by atoms with van der Waals surface area (Å²) in [5, 5.41) is 26.3. The number of fused-ring (bicyclic) bond motifs is 1. The number of hydrogen-bond acceptors (Lipinski definition) is 9. The van der Waals surface area contributed by atoms with Crippen LogP contribution in [0.5, 0.6) is 0 Å². The topological polar surface area (TPSA) is 148 Å². The zero-order valence-corrected chi connectivity index (χ0v) is 17.4. The Bertz CT molecular complexity index is 986. The standard InChI is InChI=1S/C20H25N5O6/c1-3-4-5-8-29-19(28)24-18-14-6-7-17(25(14)23-12-22-18)20(11-21)9-15(30-13(2)27)16(10-26)31-20/h6-7,12,15-16,26H,3-5,8-10H2,1-2H3,(H,22,23,24,28)/t15-,16+,20-/m0/s1. The second-order valence-electron chi connectivity index (χ2n) is 7.22. The monoisotopic (exact) mass is 431 g/mol. The van der Waals surface area contributed by atoms with Gasteiger partial charge in [-0.3, -0.25) is 10.1 Å². The molecule has 0 aromatic carbocycles. The van der Waals surface area contributed by atoms with Crippen LogP contribution in [0, 0.1) is 11.3 Å². The number of hydrogen-bond donors (Lipinski definition) is 2. The van der Waals surface area contributed by atoms with Crippen molar-refractivity contribution in [1.82, 2.24) is 14.6 Å². The van der Waals surface area contributed by atoms with E-state index >= 15 is 0 Å². The first-order valence-corrected chi connectivity index (χ1v) is 10.1. The van der Waals surface area contributed by atoms with Crippen LogP contribution in [-0.4, -0.2) is 57.2 Å². The number of nitrogens with zero attached hydrogens (tertiary/aromatic N) is 4. The number of esters is 1. The van der Waals surface area contributed by atoms with E-state index in [1.54, 1.807) is 12.1 Å². The average Bonchev–Trinajstić information content (AvgIpc) is 3.33. The normalized spacial score (nSPS) is 22.8. The van der Waals surface area contributed by atoms with Crippen molar-refractivity contribution in [3.8, 4) is 6.07 Å². The van der Waals surface area contributed by atoms with E-state index in [9.17, 15) is 20.0 Å². The zero-order chi connectivity index (χ0) is 22.4. The van der Waals surface area contributed by atoms with Crippen molar-refractivity contribution in [1.29, 1.82) is 5.26 Å². The second kappa shape index (κ2) is 9.72. The number of ether oxygens (including phenoxy) is 3. The van der Waals surface area contributed by atoms with Gasteiger partial charge in [-0.25, -0.2) is 14.3 Å². The van der Waals surface area contributed by atoms with E-state index in [0.717, 1.165) is 19.3 Å². The summed E-state index contributed by atoms with van der Waals surface area (Å²) in [4.78, 5) is 27.6. The highest BCUT2D eigenvalue weighted by Crippen LogP contribution is 2.41. The molecule has 1 amide bonds. The van der Waals surface area contributed by atoms with Gasteiger partial charge in [-0.2, -0.15) is 10.4 Å². The van der Waals surface area contributed by atoms with E-state index in [2.05, 4.69) is 28.4 Å². The van der Waals surface area contributed by atoms with Crippen molar-refractivity contribution >= 4 is 23.4 Å². The summed E-state index contributed by atoms with van der Waals surface area (Å²) < 4.78 is 17.6. The Morgan fingerprint density at radius 2 is 2.26 bits per heavy atom. The average molecular weight is 431 g/mol. The minimum atomic E-state index is -1.51. The number of aliphatic hydroxyl groups is 1. The smallest absolute Gasteiger partial charge is 0.412 e. The van der Waals surface area contributed by atoms with Gasteiger partial charge in [0.2, 0.25) is 5.60 Å². The van der Waals surface area contributed by atoms with E-state index in [4.69, 9.17) is 14.2 Å². The summed E-state index contributed by atoms with van der Waals surface area (Å²) in [6.45, 7) is 3.19. The molecule has 31 heavy (non-hydrogen) atoms. The van der Waals surface area contributed by atoms with Crippen LogP contribution in [0.1, 0.15) is 45.2 Å². The second-order valence-corrected chi connectivity index (χ2v) is 7.22. The number of aromatic nitrogens is 3. The molecule has 2 aromatic rings. The van der Waals surface area contributed by atoms with Crippen LogP contribution in [0.2, 0.25) is 0 Å². The van der Waals surface area contributed by atoms with Gasteiger partial charge in [0.1, 0.15) is 30.1 Å². The van der Waals surface area contributed by atoms with E-state index in [-0.39, 0.29) is 12.2 Å². The van der Waals surface area contributed by atoms with Gasteiger partial charge in [0.15, 0.2) is 5.82 Å². The Hall–Kier alpha value is -3.23. The quantitative estimate of drug-likeness (QED) is 0.472. The molecule has 2 aromatic heterocycles. The molecule has 3 rings (SSSR count). The molecule has 2 N–H and O–H groups in total. The Kier molecular flexibility index (Phi) is 7.04. The maximum Gasteiger partial charge on any atom is 0.412 e. The van der Waals surface area contributed by atoms with Crippen LogP contribution in [0.15, 0.2) is 18.5 Å². The van der Waals surface area contributed by atoms with Gasteiger partial charge in [0, 0.05) is 13.3 Å². The van der Waals surface area contributed by atoms with Crippen molar-refractivity contribution in [2.45, 2.75) is 57.3 Å². The Morgan fingerprint density at radius 3 is 2.94 bits per heavy atom. The maximum absolute atomic E-state index is 12.1. The van der Waals surface area contributed by atoms with Crippen LogP contribution in [0.4, 0.5) is 10.6 Å². The molecule has 1 fully saturated rings. The molecule has 3 heterocycles. The third kappa shape index (κ3) is 4.76. The van der Waals surface area contributed by atoms with Crippen LogP contribution in [0.25, 0.3) is 5.52 Å². The van der Waals surface area contributed by atoms with Crippen molar-refractivity contribution < 1.29 is 28.9 Å². The lowest BCUT2D eigenvalue weighted by molar-refractivity contribution is -0.150. The van der Waals surface area contributed by atoms with Crippen molar-refractivity contribution in [3.63, 3.8) is 0 Å². The van der Waals surface area contributed by atoms with E-state index in [0.29, 0.717) is 17.8 Å². The molecular weight excluding hydrogens is 406 g/mol. The number of carbonyl (C=O) groups is 2. The maximum atomic E-state index is 12.1. The van der Waals surface area contributed by atoms with Crippen molar-refractivity contribution in [3.05, 3.63) is 24.2 Å².